The number of furan rings is 1. The van der Waals surface area contributed by atoms with Gasteiger partial charge in [0.15, 0.2) is 0 Å². The van der Waals surface area contributed by atoms with Crippen LogP contribution in [0.5, 0.6) is 0 Å². The second kappa shape index (κ2) is 5.34. The first-order valence-corrected chi connectivity index (χ1v) is 6.80. The molecule has 7 nitrogen and oxygen atoms in total. The summed E-state index contributed by atoms with van der Waals surface area (Å²) in [4.78, 5) is 6.61. The lowest BCUT2D eigenvalue weighted by molar-refractivity contribution is 0.404. The Kier molecular flexibility index (Phi) is 3.80. The molecular formula is C10H14N4O3S. The Hall–Kier alpha value is -1.64. The molecule has 2 aromatic rings. The highest BCUT2D eigenvalue weighted by molar-refractivity contribution is 7.89. The predicted molar refractivity (Wildman–Crippen MR) is 64.1 cm³/mol. The fourth-order valence-electron chi connectivity index (χ4n) is 1.40. The zero-order valence-corrected chi connectivity index (χ0v) is 10.6. The molecule has 0 spiro atoms. The molecule has 8 heteroatoms. The van der Waals surface area contributed by atoms with Gasteiger partial charge >= 0.3 is 0 Å². The van der Waals surface area contributed by atoms with Crippen LogP contribution in [-0.2, 0) is 23.1 Å². The fraction of sp³-hybridized carbons (Fsp3) is 0.300. The number of aromatic amines is 1. The number of hydrogen-bond donors (Lipinski definition) is 3. The second-order valence-electron chi connectivity index (χ2n) is 3.65. The van der Waals surface area contributed by atoms with Gasteiger partial charge in [-0.1, -0.05) is 0 Å². The monoisotopic (exact) mass is 270 g/mol. The maximum Gasteiger partial charge on any atom is 0.274 e. The van der Waals surface area contributed by atoms with Crippen LogP contribution in [0.2, 0.25) is 0 Å². The minimum absolute atomic E-state index is 0.0905. The largest absolute Gasteiger partial charge is 0.447 e. The van der Waals surface area contributed by atoms with E-state index in [1.807, 2.05) is 0 Å². The molecule has 0 amide bonds. The maximum atomic E-state index is 11.9. The van der Waals surface area contributed by atoms with Gasteiger partial charge in [0.1, 0.15) is 5.76 Å². The van der Waals surface area contributed by atoms with Gasteiger partial charge in [-0.15, -0.1) is 0 Å². The standard InChI is InChI=1S/C10H14N4O3S/c1-11-6-9-2-3-10(17-9)18(15,16)14-5-8-4-12-7-13-8/h2-4,7,11,14H,5-6H2,1H3,(H,12,13). The molecule has 0 aliphatic carbocycles. The number of imidazole rings is 1. The first-order valence-electron chi connectivity index (χ1n) is 5.32. The van der Waals surface area contributed by atoms with E-state index in [-0.39, 0.29) is 11.6 Å². The van der Waals surface area contributed by atoms with E-state index >= 15 is 0 Å². The Morgan fingerprint density at radius 3 is 2.89 bits per heavy atom. The van der Waals surface area contributed by atoms with Crippen molar-refractivity contribution < 1.29 is 12.8 Å². The van der Waals surface area contributed by atoms with Crippen LogP contribution < -0.4 is 10.0 Å². The molecule has 0 aliphatic rings. The number of rotatable bonds is 6. The van der Waals surface area contributed by atoms with Crippen molar-refractivity contribution in [2.75, 3.05) is 7.05 Å². The van der Waals surface area contributed by atoms with Gasteiger partial charge in [0.2, 0.25) is 5.09 Å². The Labute approximate surface area is 105 Å². The zero-order chi connectivity index (χ0) is 13.0. The van der Waals surface area contributed by atoms with Crippen molar-refractivity contribution in [1.29, 1.82) is 0 Å². The van der Waals surface area contributed by atoms with Crippen molar-refractivity contribution in [2.24, 2.45) is 0 Å². The number of aromatic nitrogens is 2. The fourth-order valence-corrected chi connectivity index (χ4v) is 2.35. The lowest BCUT2D eigenvalue weighted by Crippen LogP contribution is -2.23. The summed E-state index contributed by atoms with van der Waals surface area (Å²) in [6, 6.07) is 3.06. The van der Waals surface area contributed by atoms with Gasteiger partial charge in [-0.2, -0.15) is 0 Å². The van der Waals surface area contributed by atoms with Crippen molar-refractivity contribution in [1.82, 2.24) is 20.0 Å². The van der Waals surface area contributed by atoms with Gasteiger partial charge in [-0.3, -0.25) is 0 Å². The van der Waals surface area contributed by atoms with Crippen LogP contribution in [0, 0.1) is 0 Å². The van der Waals surface area contributed by atoms with Crippen LogP contribution >= 0.6 is 0 Å². The molecule has 3 N–H and O–H groups in total. The van der Waals surface area contributed by atoms with E-state index in [1.54, 1.807) is 19.3 Å². The average Bonchev–Trinajstić information content (AvgIpc) is 2.98. The van der Waals surface area contributed by atoms with Crippen LogP contribution in [0.3, 0.4) is 0 Å². The van der Waals surface area contributed by atoms with Gasteiger partial charge < -0.3 is 14.7 Å². The second-order valence-corrected chi connectivity index (χ2v) is 5.35. The molecule has 0 aliphatic heterocycles. The summed E-state index contributed by atoms with van der Waals surface area (Å²) in [5, 5.41) is 2.79. The SMILES string of the molecule is CNCc1ccc(S(=O)(=O)NCc2cnc[nH]2)o1. The molecular weight excluding hydrogens is 256 g/mol. The summed E-state index contributed by atoms with van der Waals surface area (Å²) in [7, 11) is -1.87. The summed E-state index contributed by atoms with van der Waals surface area (Å²) in [6.45, 7) is 0.625. The van der Waals surface area contributed by atoms with Crippen LogP contribution in [0.15, 0.2) is 34.2 Å². The zero-order valence-electron chi connectivity index (χ0n) is 9.80. The van der Waals surface area contributed by atoms with Gasteiger partial charge in [0, 0.05) is 11.9 Å². The summed E-state index contributed by atoms with van der Waals surface area (Å²) >= 11 is 0. The summed E-state index contributed by atoms with van der Waals surface area (Å²) in [5.74, 6) is 0.569. The molecule has 2 aromatic heterocycles. The molecule has 0 fully saturated rings. The number of sulfonamides is 1. The number of nitrogens with one attached hydrogen (secondary N) is 3. The topological polar surface area (TPSA) is 100 Å². The third kappa shape index (κ3) is 2.97. The highest BCUT2D eigenvalue weighted by Crippen LogP contribution is 2.13. The molecule has 0 bridgehead atoms. The molecule has 0 atom stereocenters. The van der Waals surface area contributed by atoms with Crippen molar-refractivity contribution >= 4 is 10.0 Å². The van der Waals surface area contributed by atoms with Gasteiger partial charge in [-0.25, -0.2) is 18.1 Å². The Bertz CT molecular complexity index is 588. The minimum Gasteiger partial charge on any atom is -0.447 e. The van der Waals surface area contributed by atoms with E-state index < -0.39 is 10.0 Å². The van der Waals surface area contributed by atoms with Crippen LogP contribution in [-0.4, -0.2) is 25.4 Å². The van der Waals surface area contributed by atoms with Crippen molar-refractivity contribution in [3.05, 3.63) is 36.1 Å². The number of H-pyrrole nitrogens is 1. The normalized spacial score (nSPS) is 11.8. The van der Waals surface area contributed by atoms with E-state index in [2.05, 4.69) is 20.0 Å². The summed E-state index contributed by atoms with van der Waals surface area (Å²) < 4.78 is 31.4. The lowest BCUT2D eigenvalue weighted by atomic mass is 10.4. The maximum absolute atomic E-state index is 11.9. The van der Waals surface area contributed by atoms with E-state index in [0.29, 0.717) is 18.0 Å². The molecule has 18 heavy (non-hydrogen) atoms. The van der Waals surface area contributed by atoms with Crippen LogP contribution in [0.4, 0.5) is 0 Å². The molecule has 0 aromatic carbocycles. The Morgan fingerprint density at radius 1 is 1.39 bits per heavy atom. The van der Waals surface area contributed by atoms with E-state index in [4.69, 9.17) is 4.42 Å². The summed E-state index contributed by atoms with van der Waals surface area (Å²) in [5.41, 5.74) is 0.681. The third-order valence-corrected chi connectivity index (χ3v) is 3.53. The van der Waals surface area contributed by atoms with Crippen LogP contribution in [0.1, 0.15) is 11.5 Å². The van der Waals surface area contributed by atoms with E-state index in [1.165, 1.54) is 12.4 Å². The highest BCUT2D eigenvalue weighted by Gasteiger charge is 2.18. The van der Waals surface area contributed by atoms with Crippen molar-refractivity contribution in [2.45, 2.75) is 18.2 Å². The molecule has 0 unspecified atom stereocenters. The minimum atomic E-state index is -3.63. The van der Waals surface area contributed by atoms with Crippen molar-refractivity contribution in [3.63, 3.8) is 0 Å². The van der Waals surface area contributed by atoms with Gasteiger partial charge in [0.25, 0.3) is 10.0 Å². The van der Waals surface area contributed by atoms with Crippen molar-refractivity contribution in [3.8, 4) is 0 Å². The smallest absolute Gasteiger partial charge is 0.274 e. The molecule has 2 heterocycles. The molecule has 0 saturated heterocycles. The third-order valence-electron chi connectivity index (χ3n) is 2.26. The summed E-state index contributed by atoms with van der Waals surface area (Å²) in [6.07, 6.45) is 3.04. The lowest BCUT2D eigenvalue weighted by Gasteiger charge is -2.02. The van der Waals surface area contributed by atoms with Gasteiger partial charge in [0.05, 0.1) is 19.4 Å². The van der Waals surface area contributed by atoms with Crippen LogP contribution in [0.25, 0.3) is 0 Å². The molecule has 98 valence electrons. The number of nitrogens with zero attached hydrogens (tertiary/aromatic N) is 1. The average molecular weight is 270 g/mol. The molecule has 2 rings (SSSR count). The predicted octanol–water partition coefficient (Wildman–Crippen LogP) is 0.201. The highest BCUT2D eigenvalue weighted by atomic mass is 32.2. The quantitative estimate of drug-likeness (QED) is 0.696. The first kappa shape index (κ1) is 12.8. The Balaban J connectivity index is 2.05. The molecule has 0 saturated carbocycles. The first-order chi connectivity index (χ1) is 8.62. The molecule has 0 radical (unpaired) electrons. The Morgan fingerprint density at radius 2 is 2.22 bits per heavy atom. The van der Waals surface area contributed by atoms with E-state index in [9.17, 15) is 8.42 Å². The van der Waals surface area contributed by atoms with Gasteiger partial charge in [-0.05, 0) is 19.2 Å². The number of hydrogen-bond acceptors (Lipinski definition) is 5. The van der Waals surface area contributed by atoms with E-state index in [0.717, 1.165) is 0 Å².